The third-order valence-electron chi connectivity index (χ3n) is 4.36. The van der Waals surface area contributed by atoms with E-state index in [1.54, 1.807) is 54.0 Å². The number of hydrogen-bond donors (Lipinski definition) is 3. The minimum absolute atomic E-state index is 0.0886. The number of amides is 1. The van der Waals surface area contributed by atoms with Crippen molar-refractivity contribution in [1.29, 1.82) is 5.41 Å². The summed E-state index contributed by atoms with van der Waals surface area (Å²) in [6, 6.07) is 11.9. The van der Waals surface area contributed by atoms with Gasteiger partial charge in [-0.2, -0.15) is 0 Å². The number of primary amides is 1. The summed E-state index contributed by atoms with van der Waals surface area (Å²) in [7, 11) is 0. The molecule has 0 aliphatic carbocycles. The largest absolute Gasteiger partial charge is 0.461 e. The molecule has 2 aromatic carbocycles. The second kappa shape index (κ2) is 7.74. The molecule has 3 aromatic rings. The fourth-order valence-corrected chi connectivity index (χ4v) is 3.33. The van der Waals surface area contributed by atoms with Crippen LogP contribution < -0.4 is 11.5 Å². The fourth-order valence-electron chi connectivity index (χ4n) is 3.00. The molecule has 144 valence electrons. The van der Waals surface area contributed by atoms with E-state index in [1.807, 2.05) is 0 Å². The van der Waals surface area contributed by atoms with Gasteiger partial charge in [-0.3, -0.25) is 10.2 Å². The van der Waals surface area contributed by atoms with Crippen LogP contribution in [-0.4, -0.2) is 28.9 Å². The van der Waals surface area contributed by atoms with Gasteiger partial charge in [0.2, 0.25) is 5.91 Å². The maximum atomic E-state index is 12.6. The number of nitrogens with two attached hydrogens (primary N) is 2. The Morgan fingerprint density at radius 2 is 1.75 bits per heavy atom. The van der Waals surface area contributed by atoms with E-state index < -0.39 is 11.9 Å². The van der Waals surface area contributed by atoms with E-state index in [-0.39, 0.29) is 23.2 Å². The predicted octanol–water partition coefficient (Wildman–Crippen LogP) is 2.90. The van der Waals surface area contributed by atoms with Crippen LogP contribution in [0.5, 0.6) is 0 Å². The summed E-state index contributed by atoms with van der Waals surface area (Å²) in [6.07, 6.45) is 0. The number of halogens is 1. The van der Waals surface area contributed by atoms with E-state index >= 15 is 0 Å². The lowest BCUT2D eigenvalue weighted by atomic mass is 10.1. The standard InChI is InChI=1S/C20H19ClN4O3/c1-2-28-20(27)17-16(21)14-8-7-13(18(22)23)9-15(14)25(17)10-11-3-5-12(6-4-11)19(24)26/h3-9H,2,10H2,1H3,(H3,22,23)(H2,24,26). The summed E-state index contributed by atoms with van der Waals surface area (Å²) in [4.78, 5) is 23.8. The molecule has 5 N–H and O–H groups in total. The van der Waals surface area contributed by atoms with Crippen LogP contribution in [0.15, 0.2) is 42.5 Å². The number of fused-ring (bicyclic) bond motifs is 1. The van der Waals surface area contributed by atoms with Crippen molar-refractivity contribution in [3.8, 4) is 0 Å². The van der Waals surface area contributed by atoms with Crippen LogP contribution >= 0.6 is 11.6 Å². The van der Waals surface area contributed by atoms with Crippen molar-refractivity contribution in [3.05, 3.63) is 69.9 Å². The van der Waals surface area contributed by atoms with Gasteiger partial charge in [-0.05, 0) is 30.7 Å². The Morgan fingerprint density at radius 3 is 2.32 bits per heavy atom. The molecule has 1 aromatic heterocycles. The van der Waals surface area contributed by atoms with E-state index in [2.05, 4.69) is 0 Å². The van der Waals surface area contributed by atoms with E-state index in [4.69, 9.17) is 33.2 Å². The predicted molar refractivity (Wildman–Crippen MR) is 108 cm³/mol. The lowest BCUT2D eigenvalue weighted by Crippen LogP contribution is -2.14. The number of nitrogens with one attached hydrogen (secondary N) is 1. The zero-order valence-electron chi connectivity index (χ0n) is 15.2. The Kier molecular flexibility index (Phi) is 5.37. The molecule has 0 spiro atoms. The molecule has 0 atom stereocenters. The van der Waals surface area contributed by atoms with Crippen LogP contribution in [0.1, 0.15) is 38.9 Å². The number of carbonyl (C=O) groups is 2. The van der Waals surface area contributed by atoms with Crippen LogP contribution in [0.3, 0.4) is 0 Å². The van der Waals surface area contributed by atoms with Gasteiger partial charge in [0, 0.05) is 23.1 Å². The number of benzene rings is 2. The van der Waals surface area contributed by atoms with Gasteiger partial charge in [0.1, 0.15) is 11.5 Å². The highest BCUT2D eigenvalue weighted by molar-refractivity contribution is 6.38. The Morgan fingerprint density at radius 1 is 1.11 bits per heavy atom. The minimum atomic E-state index is -0.540. The molecule has 0 aliphatic heterocycles. The Labute approximate surface area is 166 Å². The quantitative estimate of drug-likeness (QED) is 0.335. The molecule has 0 saturated carbocycles. The van der Waals surface area contributed by atoms with Gasteiger partial charge in [0.25, 0.3) is 0 Å². The Bertz CT molecular complexity index is 1090. The number of nitrogen functional groups attached to an aromatic ring is 1. The average Bonchev–Trinajstić information content (AvgIpc) is 2.94. The van der Waals surface area contributed by atoms with Crippen LogP contribution in [0.4, 0.5) is 0 Å². The van der Waals surface area contributed by atoms with Crippen LogP contribution in [0, 0.1) is 5.41 Å². The maximum Gasteiger partial charge on any atom is 0.356 e. The Balaban J connectivity index is 2.17. The lowest BCUT2D eigenvalue weighted by Gasteiger charge is -2.11. The van der Waals surface area contributed by atoms with Gasteiger partial charge in [-0.1, -0.05) is 35.9 Å². The van der Waals surface area contributed by atoms with Crippen LogP contribution in [0.2, 0.25) is 5.02 Å². The first-order valence-electron chi connectivity index (χ1n) is 8.55. The smallest absolute Gasteiger partial charge is 0.356 e. The van der Waals surface area contributed by atoms with Crippen LogP contribution in [0.25, 0.3) is 10.9 Å². The number of nitrogens with zero attached hydrogens (tertiary/aromatic N) is 1. The summed E-state index contributed by atoms with van der Waals surface area (Å²) in [6.45, 7) is 2.23. The molecular formula is C20H19ClN4O3. The molecule has 3 rings (SSSR count). The zero-order chi connectivity index (χ0) is 20.4. The van der Waals surface area contributed by atoms with E-state index in [0.717, 1.165) is 5.56 Å². The second-order valence-electron chi connectivity index (χ2n) is 6.18. The molecule has 28 heavy (non-hydrogen) atoms. The van der Waals surface area contributed by atoms with E-state index in [9.17, 15) is 9.59 Å². The first-order chi connectivity index (χ1) is 13.3. The van der Waals surface area contributed by atoms with E-state index in [0.29, 0.717) is 28.6 Å². The molecule has 0 bridgehead atoms. The van der Waals surface area contributed by atoms with Gasteiger partial charge in [-0.15, -0.1) is 0 Å². The molecular weight excluding hydrogens is 380 g/mol. The molecule has 0 saturated heterocycles. The number of carbonyl (C=O) groups excluding carboxylic acids is 2. The number of hydrogen-bond acceptors (Lipinski definition) is 4. The molecule has 1 amide bonds. The van der Waals surface area contributed by atoms with Crippen molar-refractivity contribution in [2.75, 3.05) is 6.61 Å². The average molecular weight is 399 g/mol. The van der Waals surface area contributed by atoms with Gasteiger partial charge in [0.15, 0.2) is 0 Å². The monoisotopic (exact) mass is 398 g/mol. The summed E-state index contributed by atoms with van der Waals surface area (Å²) in [5.74, 6) is -1.14. The fraction of sp³-hybridized carbons (Fsp3) is 0.150. The highest BCUT2D eigenvalue weighted by atomic mass is 35.5. The number of ether oxygens (including phenoxy) is 1. The van der Waals surface area contributed by atoms with Crippen molar-refractivity contribution >= 4 is 40.2 Å². The van der Waals surface area contributed by atoms with Crippen molar-refractivity contribution in [1.82, 2.24) is 4.57 Å². The number of amidine groups is 1. The molecule has 8 heteroatoms. The first kappa shape index (κ1) is 19.4. The minimum Gasteiger partial charge on any atom is -0.461 e. The van der Waals surface area contributed by atoms with Gasteiger partial charge < -0.3 is 20.8 Å². The number of aromatic nitrogens is 1. The molecule has 0 radical (unpaired) electrons. The number of rotatable bonds is 6. The SMILES string of the molecule is CCOC(=O)c1c(Cl)c2ccc(C(=N)N)cc2n1Cc1ccc(C(N)=O)cc1. The highest BCUT2D eigenvalue weighted by Gasteiger charge is 2.23. The molecule has 0 unspecified atom stereocenters. The van der Waals surface area contributed by atoms with Gasteiger partial charge in [0.05, 0.1) is 17.1 Å². The normalized spacial score (nSPS) is 10.8. The van der Waals surface area contributed by atoms with Gasteiger partial charge in [-0.25, -0.2) is 4.79 Å². The third kappa shape index (κ3) is 3.57. The molecule has 0 aliphatic rings. The molecule has 7 nitrogen and oxygen atoms in total. The Hall–Kier alpha value is -3.32. The second-order valence-corrected chi connectivity index (χ2v) is 6.55. The topological polar surface area (TPSA) is 124 Å². The summed E-state index contributed by atoms with van der Waals surface area (Å²) in [5.41, 5.74) is 13.5. The van der Waals surface area contributed by atoms with Crippen molar-refractivity contribution in [2.24, 2.45) is 11.5 Å². The lowest BCUT2D eigenvalue weighted by molar-refractivity contribution is 0.0515. The van der Waals surface area contributed by atoms with Gasteiger partial charge >= 0.3 is 5.97 Å². The first-order valence-corrected chi connectivity index (χ1v) is 8.93. The highest BCUT2D eigenvalue weighted by Crippen LogP contribution is 2.33. The molecule has 1 heterocycles. The van der Waals surface area contributed by atoms with Crippen molar-refractivity contribution in [3.63, 3.8) is 0 Å². The third-order valence-corrected chi connectivity index (χ3v) is 4.74. The number of esters is 1. The van der Waals surface area contributed by atoms with Crippen LogP contribution in [-0.2, 0) is 11.3 Å². The summed E-state index contributed by atoms with van der Waals surface area (Å²) >= 11 is 6.49. The zero-order valence-corrected chi connectivity index (χ0v) is 15.9. The summed E-state index contributed by atoms with van der Waals surface area (Å²) in [5, 5.41) is 8.61. The van der Waals surface area contributed by atoms with Crippen molar-refractivity contribution < 1.29 is 14.3 Å². The molecule has 0 fully saturated rings. The van der Waals surface area contributed by atoms with Crippen molar-refractivity contribution in [2.45, 2.75) is 13.5 Å². The summed E-state index contributed by atoms with van der Waals surface area (Å²) < 4.78 is 6.90. The maximum absolute atomic E-state index is 12.6. The van der Waals surface area contributed by atoms with E-state index in [1.165, 1.54) is 0 Å².